The van der Waals surface area contributed by atoms with E-state index in [1.807, 2.05) is 0 Å². The van der Waals surface area contributed by atoms with Gasteiger partial charge in [0, 0.05) is 25.6 Å². The zero-order chi connectivity index (χ0) is 14.7. The van der Waals surface area contributed by atoms with Crippen LogP contribution in [0.15, 0.2) is 18.2 Å². The van der Waals surface area contributed by atoms with E-state index in [1.54, 1.807) is 11.0 Å². The zero-order valence-electron chi connectivity index (χ0n) is 11.3. The molecule has 6 heteroatoms. The molecule has 1 fully saturated rings. The van der Waals surface area contributed by atoms with E-state index in [1.165, 1.54) is 12.1 Å². The molecule has 0 aromatic heterocycles. The van der Waals surface area contributed by atoms with Gasteiger partial charge in [-0.1, -0.05) is 24.6 Å². The van der Waals surface area contributed by atoms with Gasteiger partial charge in [-0.05, 0) is 30.4 Å². The largest absolute Gasteiger partial charge is 0.338 e. The molecule has 0 N–H and O–H groups in total. The van der Waals surface area contributed by atoms with Crippen LogP contribution in [0.4, 0.5) is 5.69 Å². The van der Waals surface area contributed by atoms with E-state index in [4.69, 9.17) is 11.6 Å². The number of hydrogen-bond donors (Lipinski definition) is 0. The van der Waals surface area contributed by atoms with Crippen LogP contribution in [0.25, 0.3) is 0 Å². The molecule has 1 aliphatic heterocycles. The van der Waals surface area contributed by atoms with Gasteiger partial charge in [-0.15, -0.1) is 0 Å². The Hall–Kier alpha value is -1.62. The fourth-order valence-electron chi connectivity index (χ4n) is 2.36. The van der Waals surface area contributed by atoms with Gasteiger partial charge in [-0.25, -0.2) is 0 Å². The molecule has 0 aliphatic carbocycles. The normalized spacial score (nSPS) is 19.8. The van der Waals surface area contributed by atoms with Crippen LogP contribution in [0.2, 0.25) is 5.02 Å². The predicted molar refractivity (Wildman–Crippen MR) is 76.5 cm³/mol. The third-order valence-corrected chi connectivity index (χ3v) is 4.00. The van der Waals surface area contributed by atoms with Gasteiger partial charge < -0.3 is 4.90 Å². The summed E-state index contributed by atoms with van der Waals surface area (Å²) in [7, 11) is 0. The number of carbonyl (C=O) groups excluding carboxylic acids is 1. The van der Waals surface area contributed by atoms with Crippen LogP contribution in [0.3, 0.4) is 0 Å². The minimum atomic E-state index is -0.502. The van der Waals surface area contributed by atoms with Crippen molar-refractivity contribution in [2.45, 2.75) is 32.7 Å². The number of nitro groups is 1. The number of halogens is 1. The van der Waals surface area contributed by atoms with Gasteiger partial charge in [-0.3, -0.25) is 14.9 Å². The summed E-state index contributed by atoms with van der Waals surface area (Å²) in [6.07, 6.45) is 2.44. The molecule has 1 aromatic rings. The van der Waals surface area contributed by atoms with Crippen molar-refractivity contribution in [1.29, 1.82) is 0 Å². The summed E-state index contributed by atoms with van der Waals surface area (Å²) in [6.45, 7) is 3.25. The highest BCUT2D eigenvalue weighted by molar-refractivity contribution is 6.32. The molecule has 1 amide bonds. The molecule has 20 heavy (non-hydrogen) atoms. The van der Waals surface area contributed by atoms with Crippen LogP contribution >= 0.6 is 11.6 Å². The molecule has 0 bridgehead atoms. The zero-order valence-corrected chi connectivity index (χ0v) is 12.1. The molecule has 108 valence electrons. The second kappa shape index (κ2) is 6.22. The van der Waals surface area contributed by atoms with Crippen molar-refractivity contribution in [2.24, 2.45) is 5.92 Å². The number of amides is 1. The number of benzene rings is 1. The van der Waals surface area contributed by atoms with Crippen LogP contribution in [0.1, 0.15) is 31.7 Å². The maximum atomic E-state index is 12.0. The Kier molecular flexibility index (Phi) is 4.60. The molecule has 5 nitrogen and oxygen atoms in total. The molecule has 1 saturated heterocycles. The Balaban J connectivity index is 2.14. The fraction of sp³-hybridized carbons (Fsp3) is 0.500. The lowest BCUT2D eigenvalue weighted by Crippen LogP contribution is -2.29. The van der Waals surface area contributed by atoms with Crippen LogP contribution in [-0.4, -0.2) is 22.3 Å². The summed E-state index contributed by atoms with van der Waals surface area (Å²) in [5, 5.41) is 11.0. The van der Waals surface area contributed by atoms with E-state index in [0.717, 1.165) is 18.4 Å². The van der Waals surface area contributed by atoms with E-state index in [2.05, 4.69) is 6.92 Å². The first-order chi connectivity index (χ1) is 9.47. The Morgan fingerprint density at radius 1 is 1.45 bits per heavy atom. The van der Waals surface area contributed by atoms with E-state index < -0.39 is 4.92 Å². The number of nitro benzene ring substituents is 1. The molecule has 0 saturated carbocycles. The second-order valence-electron chi connectivity index (χ2n) is 5.29. The highest BCUT2D eigenvalue weighted by Crippen LogP contribution is 2.26. The smallest absolute Gasteiger partial charge is 0.288 e. The second-order valence-corrected chi connectivity index (χ2v) is 5.70. The summed E-state index contributed by atoms with van der Waals surface area (Å²) in [5.74, 6) is 0.662. The molecular formula is C14H17ClN2O3. The molecule has 1 heterocycles. The number of rotatable bonds is 3. The Bertz CT molecular complexity index is 533. The molecule has 0 radical (unpaired) electrons. The lowest BCUT2D eigenvalue weighted by atomic mass is 10.0. The van der Waals surface area contributed by atoms with Crippen molar-refractivity contribution in [1.82, 2.24) is 4.90 Å². The predicted octanol–water partition coefficient (Wildman–Crippen LogP) is 3.40. The molecule has 2 rings (SSSR count). The third kappa shape index (κ3) is 3.48. The first-order valence-electron chi connectivity index (χ1n) is 6.68. The van der Waals surface area contributed by atoms with Crippen molar-refractivity contribution in [3.63, 3.8) is 0 Å². The maximum absolute atomic E-state index is 12.0. The maximum Gasteiger partial charge on any atom is 0.288 e. The van der Waals surface area contributed by atoms with Crippen molar-refractivity contribution in [2.75, 3.05) is 6.54 Å². The van der Waals surface area contributed by atoms with E-state index >= 15 is 0 Å². The average molecular weight is 297 g/mol. The van der Waals surface area contributed by atoms with E-state index in [0.29, 0.717) is 25.4 Å². The van der Waals surface area contributed by atoms with Crippen LogP contribution in [0.5, 0.6) is 0 Å². The van der Waals surface area contributed by atoms with Crippen LogP contribution < -0.4 is 0 Å². The molecule has 0 spiro atoms. The molecular weight excluding hydrogens is 280 g/mol. The molecule has 1 aromatic carbocycles. The lowest BCUT2D eigenvalue weighted by molar-refractivity contribution is -0.384. The standard InChI is InChI=1S/C14H17ClN2O3/c1-10-2-5-14(18)16(7-6-10)9-11-3-4-12(15)13(8-11)17(19)20/h3-4,8,10H,2,5-7,9H2,1H3. The van der Waals surface area contributed by atoms with Gasteiger partial charge in [0.05, 0.1) is 4.92 Å². The number of carbonyl (C=O) groups is 1. The van der Waals surface area contributed by atoms with Gasteiger partial charge in [0.1, 0.15) is 5.02 Å². The van der Waals surface area contributed by atoms with Crippen LogP contribution in [0, 0.1) is 16.0 Å². The fourth-order valence-corrected chi connectivity index (χ4v) is 2.54. The average Bonchev–Trinajstić information content (AvgIpc) is 2.56. The number of nitrogens with zero attached hydrogens (tertiary/aromatic N) is 2. The van der Waals surface area contributed by atoms with Gasteiger partial charge >= 0.3 is 0 Å². The minimum absolute atomic E-state index is 0.111. The topological polar surface area (TPSA) is 63.5 Å². The molecule has 1 atom stereocenters. The number of likely N-dealkylation sites (tertiary alicyclic amines) is 1. The Labute approximate surface area is 122 Å². The summed E-state index contributed by atoms with van der Waals surface area (Å²) < 4.78 is 0. The van der Waals surface area contributed by atoms with E-state index in [9.17, 15) is 14.9 Å². The van der Waals surface area contributed by atoms with Crippen LogP contribution in [-0.2, 0) is 11.3 Å². The summed E-state index contributed by atoms with van der Waals surface area (Å²) >= 11 is 5.79. The van der Waals surface area contributed by atoms with Crippen molar-refractivity contribution < 1.29 is 9.72 Å². The summed E-state index contributed by atoms with van der Waals surface area (Å²) in [4.78, 5) is 24.2. The van der Waals surface area contributed by atoms with Gasteiger partial charge in [0.15, 0.2) is 0 Å². The first kappa shape index (κ1) is 14.8. The van der Waals surface area contributed by atoms with Crippen molar-refractivity contribution >= 4 is 23.2 Å². The Morgan fingerprint density at radius 3 is 2.90 bits per heavy atom. The van der Waals surface area contributed by atoms with E-state index in [-0.39, 0.29) is 16.6 Å². The van der Waals surface area contributed by atoms with Gasteiger partial charge in [0.25, 0.3) is 5.69 Å². The minimum Gasteiger partial charge on any atom is -0.338 e. The van der Waals surface area contributed by atoms with Crippen molar-refractivity contribution in [3.05, 3.63) is 38.9 Å². The summed E-state index contributed by atoms with van der Waals surface area (Å²) in [6, 6.07) is 4.70. The van der Waals surface area contributed by atoms with Crippen molar-refractivity contribution in [3.8, 4) is 0 Å². The lowest BCUT2D eigenvalue weighted by Gasteiger charge is -2.20. The Morgan fingerprint density at radius 2 is 2.20 bits per heavy atom. The van der Waals surface area contributed by atoms with Gasteiger partial charge in [-0.2, -0.15) is 0 Å². The first-order valence-corrected chi connectivity index (χ1v) is 7.05. The third-order valence-electron chi connectivity index (χ3n) is 3.68. The highest BCUT2D eigenvalue weighted by Gasteiger charge is 2.21. The molecule has 1 aliphatic rings. The summed E-state index contributed by atoms with van der Waals surface area (Å²) in [5.41, 5.74) is 0.629. The quantitative estimate of drug-likeness (QED) is 0.634. The molecule has 1 unspecified atom stereocenters. The SMILES string of the molecule is CC1CCC(=O)N(Cc2ccc(Cl)c([N+](=O)[O-])c2)CC1. The van der Waals surface area contributed by atoms with Gasteiger partial charge in [0.2, 0.25) is 5.91 Å². The highest BCUT2D eigenvalue weighted by atomic mass is 35.5. The number of hydrogen-bond acceptors (Lipinski definition) is 3. The monoisotopic (exact) mass is 296 g/mol.